The van der Waals surface area contributed by atoms with Crippen molar-refractivity contribution in [2.45, 2.75) is 76.8 Å². The highest BCUT2D eigenvalue weighted by Gasteiger charge is 2.41. The van der Waals surface area contributed by atoms with Crippen molar-refractivity contribution < 1.29 is 13.2 Å². The molecule has 0 amide bonds. The largest absolute Gasteiger partial charge is 0.391 e. The third-order valence-corrected chi connectivity index (χ3v) is 7.14. The van der Waals surface area contributed by atoms with Crippen molar-refractivity contribution in [3.05, 3.63) is 48.0 Å². The Balaban J connectivity index is 1.51. The van der Waals surface area contributed by atoms with Gasteiger partial charge in [-0.2, -0.15) is 13.2 Å². The van der Waals surface area contributed by atoms with E-state index in [1.807, 2.05) is 0 Å². The summed E-state index contributed by atoms with van der Waals surface area (Å²) in [6.07, 6.45) is 5.85. The molecule has 3 rings (SSSR count). The lowest BCUT2D eigenvalue weighted by Crippen LogP contribution is -2.27. The van der Waals surface area contributed by atoms with Crippen LogP contribution in [0.2, 0.25) is 0 Å². The molecule has 0 aliphatic heterocycles. The van der Waals surface area contributed by atoms with Crippen LogP contribution in [0.15, 0.2) is 36.9 Å². The normalized spacial score (nSPS) is 28.8. The van der Waals surface area contributed by atoms with Crippen molar-refractivity contribution in [3.63, 3.8) is 0 Å². The molecule has 1 aromatic carbocycles. The molecule has 29 heavy (non-hydrogen) atoms. The Morgan fingerprint density at radius 2 is 1.62 bits per heavy atom. The standard InChI is InChI=1S/C26H33F3/c1-3-21(4-2)22-13-15-24(16-14-22)23-11-7-19(8-12-23)5-6-20-9-17-25(18-10-20)26(27,28)29/h3,7-8,11-12,20-22,24-25H,1,4,9-10,13-18H2,2H3. The van der Waals surface area contributed by atoms with Gasteiger partial charge in [0.1, 0.15) is 0 Å². The summed E-state index contributed by atoms with van der Waals surface area (Å²) in [6, 6.07) is 8.55. The number of benzene rings is 1. The van der Waals surface area contributed by atoms with E-state index in [0.29, 0.717) is 24.7 Å². The molecule has 2 aliphatic rings. The molecular weight excluding hydrogens is 369 g/mol. The van der Waals surface area contributed by atoms with Gasteiger partial charge >= 0.3 is 6.18 Å². The minimum atomic E-state index is -4.05. The van der Waals surface area contributed by atoms with Crippen LogP contribution in [0.4, 0.5) is 13.2 Å². The van der Waals surface area contributed by atoms with Gasteiger partial charge < -0.3 is 0 Å². The van der Waals surface area contributed by atoms with Crippen molar-refractivity contribution in [2.75, 3.05) is 0 Å². The van der Waals surface area contributed by atoms with Crippen LogP contribution in [0.25, 0.3) is 0 Å². The molecule has 2 saturated carbocycles. The van der Waals surface area contributed by atoms with Crippen molar-refractivity contribution in [1.29, 1.82) is 0 Å². The Morgan fingerprint density at radius 1 is 1.00 bits per heavy atom. The predicted molar refractivity (Wildman–Crippen MR) is 114 cm³/mol. The second kappa shape index (κ2) is 9.88. The highest BCUT2D eigenvalue weighted by atomic mass is 19.4. The molecular formula is C26H33F3. The first-order valence-corrected chi connectivity index (χ1v) is 11.2. The average molecular weight is 403 g/mol. The Labute approximate surface area is 174 Å². The molecule has 0 spiro atoms. The zero-order valence-corrected chi connectivity index (χ0v) is 17.5. The van der Waals surface area contributed by atoms with E-state index < -0.39 is 12.1 Å². The molecule has 3 heteroatoms. The lowest BCUT2D eigenvalue weighted by atomic mass is 9.73. The van der Waals surface area contributed by atoms with Crippen molar-refractivity contribution in [3.8, 4) is 11.8 Å². The average Bonchev–Trinajstić information content (AvgIpc) is 2.74. The van der Waals surface area contributed by atoms with Gasteiger partial charge in [0.15, 0.2) is 0 Å². The summed E-state index contributed by atoms with van der Waals surface area (Å²) in [5.41, 5.74) is 2.37. The fourth-order valence-corrected chi connectivity index (χ4v) is 5.16. The van der Waals surface area contributed by atoms with Gasteiger partial charge in [-0.25, -0.2) is 0 Å². The smallest absolute Gasteiger partial charge is 0.171 e. The summed E-state index contributed by atoms with van der Waals surface area (Å²) in [5.74, 6) is 7.44. The lowest BCUT2D eigenvalue weighted by molar-refractivity contribution is -0.182. The summed E-state index contributed by atoms with van der Waals surface area (Å²) >= 11 is 0. The molecule has 0 nitrogen and oxygen atoms in total. The summed E-state index contributed by atoms with van der Waals surface area (Å²) in [7, 11) is 0. The minimum Gasteiger partial charge on any atom is -0.171 e. The molecule has 2 aliphatic carbocycles. The van der Waals surface area contributed by atoms with E-state index in [-0.39, 0.29) is 18.8 Å². The van der Waals surface area contributed by atoms with Gasteiger partial charge in [-0.1, -0.05) is 37.0 Å². The number of hydrogen-bond acceptors (Lipinski definition) is 0. The van der Waals surface area contributed by atoms with Crippen LogP contribution in [0.1, 0.15) is 81.8 Å². The second-order valence-electron chi connectivity index (χ2n) is 8.90. The van der Waals surface area contributed by atoms with E-state index in [9.17, 15) is 13.2 Å². The highest BCUT2D eigenvalue weighted by molar-refractivity contribution is 5.37. The summed E-state index contributed by atoms with van der Waals surface area (Å²) in [6.45, 7) is 6.25. The Bertz CT molecular complexity index is 703. The molecule has 0 radical (unpaired) electrons. The fourth-order valence-electron chi connectivity index (χ4n) is 5.16. The van der Waals surface area contributed by atoms with Gasteiger partial charge in [-0.15, -0.1) is 6.58 Å². The Kier molecular flexibility index (Phi) is 7.49. The molecule has 0 saturated heterocycles. The molecule has 1 unspecified atom stereocenters. The monoisotopic (exact) mass is 402 g/mol. The maximum absolute atomic E-state index is 12.8. The van der Waals surface area contributed by atoms with Crippen molar-refractivity contribution in [2.24, 2.45) is 23.7 Å². The topological polar surface area (TPSA) is 0 Å². The number of halogens is 3. The van der Waals surface area contributed by atoms with Crippen LogP contribution in [-0.4, -0.2) is 6.18 Å². The first kappa shape index (κ1) is 22.0. The zero-order valence-electron chi connectivity index (χ0n) is 17.5. The predicted octanol–water partition coefficient (Wildman–Crippen LogP) is 7.89. The number of rotatable bonds is 4. The van der Waals surface area contributed by atoms with Gasteiger partial charge in [0.05, 0.1) is 5.92 Å². The Morgan fingerprint density at radius 3 is 2.14 bits per heavy atom. The first-order valence-electron chi connectivity index (χ1n) is 11.2. The summed E-state index contributed by atoms with van der Waals surface area (Å²) < 4.78 is 38.3. The summed E-state index contributed by atoms with van der Waals surface area (Å²) in [5, 5.41) is 0. The van der Waals surface area contributed by atoms with Crippen LogP contribution in [-0.2, 0) is 0 Å². The maximum atomic E-state index is 12.8. The summed E-state index contributed by atoms with van der Waals surface area (Å²) in [4.78, 5) is 0. The maximum Gasteiger partial charge on any atom is 0.391 e. The van der Waals surface area contributed by atoms with Crippen LogP contribution >= 0.6 is 0 Å². The Hall–Kier alpha value is -1.69. The van der Waals surface area contributed by atoms with Crippen molar-refractivity contribution >= 4 is 0 Å². The van der Waals surface area contributed by atoms with E-state index in [4.69, 9.17) is 0 Å². The molecule has 0 bridgehead atoms. The molecule has 0 aromatic heterocycles. The molecule has 0 N–H and O–H groups in total. The van der Waals surface area contributed by atoms with Crippen LogP contribution in [0.3, 0.4) is 0 Å². The van der Waals surface area contributed by atoms with Gasteiger partial charge in [-0.05, 0) is 93.2 Å². The van der Waals surface area contributed by atoms with Gasteiger partial charge in [0.2, 0.25) is 0 Å². The fraction of sp³-hybridized carbons (Fsp3) is 0.615. The number of hydrogen-bond donors (Lipinski definition) is 0. The van der Waals surface area contributed by atoms with Crippen LogP contribution in [0, 0.1) is 35.5 Å². The SMILES string of the molecule is C=CC(CC)C1CCC(c2ccc(C#CC3CCC(C(F)(F)F)CC3)cc2)CC1. The molecule has 1 atom stereocenters. The molecule has 2 fully saturated rings. The van der Waals surface area contributed by atoms with E-state index in [1.54, 1.807) is 0 Å². The van der Waals surface area contributed by atoms with Gasteiger partial charge in [0.25, 0.3) is 0 Å². The minimum absolute atomic E-state index is 0.0972. The van der Waals surface area contributed by atoms with E-state index in [0.717, 1.165) is 11.5 Å². The molecule has 0 heterocycles. The quantitative estimate of drug-likeness (QED) is 0.355. The lowest BCUT2D eigenvalue weighted by Gasteiger charge is -2.32. The van der Waals surface area contributed by atoms with E-state index in [1.165, 1.54) is 37.7 Å². The van der Waals surface area contributed by atoms with Gasteiger partial charge in [0, 0.05) is 11.5 Å². The van der Waals surface area contributed by atoms with E-state index in [2.05, 4.69) is 55.7 Å². The first-order chi connectivity index (χ1) is 13.9. The van der Waals surface area contributed by atoms with Crippen LogP contribution < -0.4 is 0 Å². The third-order valence-electron chi connectivity index (χ3n) is 7.14. The third kappa shape index (κ3) is 5.91. The number of allylic oxidation sites excluding steroid dienone is 1. The zero-order chi connectivity index (χ0) is 20.9. The number of alkyl halides is 3. The second-order valence-corrected chi connectivity index (χ2v) is 8.90. The molecule has 1 aromatic rings. The van der Waals surface area contributed by atoms with Crippen molar-refractivity contribution in [1.82, 2.24) is 0 Å². The molecule has 158 valence electrons. The van der Waals surface area contributed by atoms with Gasteiger partial charge in [-0.3, -0.25) is 0 Å². The highest BCUT2D eigenvalue weighted by Crippen LogP contribution is 2.40. The van der Waals surface area contributed by atoms with E-state index >= 15 is 0 Å². The van der Waals surface area contributed by atoms with Crippen LogP contribution in [0.5, 0.6) is 0 Å².